The number of amides is 1. The average molecular weight is 551 g/mol. The molecule has 2 aromatic heterocycles. The molecule has 0 bridgehead atoms. The highest BCUT2D eigenvalue weighted by atomic mass is 35.5. The highest BCUT2D eigenvalue weighted by Crippen LogP contribution is 2.36. The molecule has 9 nitrogen and oxygen atoms in total. The maximum absolute atomic E-state index is 14.0. The van der Waals surface area contributed by atoms with Gasteiger partial charge in [0.15, 0.2) is 11.6 Å². The van der Waals surface area contributed by atoms with Crippen molar-refractivity contribution in [3.05, 3.63) is 52.0 Å². The number of nitrogen functional groups attached to an aromatic ring is 1. The van der Waals surface area contributed by atoms with Crippen LogP contribution in [0.1, 0.15) is 58.2 Å². The van der Waals surface area contributed by atoms with Gasteiger partial charge < -0.3 is 20.1 Å². The molecule has 198 valence electrons. The lowest BCUT2D eigenvalue weighted by molar-refractivity contribution is 0.0185. The number of aromatic nitrogens is 4. The topological polar surface area (TPSA) is 108 Å². The molecule has 4 rings (SSSR count). The first-order valence-electron chi connectivity index (χ1n) is 11.9. The maximum atomic E-state index is 14.0. The highest BCUT2D eigenvalue weighted by molar-refractivity contribution is 6.36. The summed E-state index contributed by atoms with van der Waals surface area (Å²) in [6, 6.07) is 4.39. The Morgan fingerprint density at radius 2 is 1.92 bits per heavy atom. The molecule has 1 fully saturated rings. The van der Waals surface area contributed by atoms with Gasteiger partial charge in [0, 0.05) is 41.5 Å². The Balaban J connectivity index is 1.45. The molecule has 0 spiro atoms. The number of carbonyl (C=O) groups excluding carboxylic acids is 1. The predicted octanol–water partition coefficient (Wildman–Crippen LogP) is 6.08. The number of nitrogens with two attached hydrogens (primary N) is 1. The van der Waals surface area contributed by atoms with E-state index in [-0.39, 0.29) is 33.7 Å². The first-order valence-corrected chi connectivity index (χ1v) is 12.6. The van der Waals surface area contributed by atoms with Crippen molar-refractivity contribution in [2.24, 2.45) is 0 Å². The van der Waals surface area contributed by atoms with Gasteiger partial charge in [-0.3, -0.25) is 4.68 Å². The van der Waals surface area contributed by atoms with Gasteiger partial charge in [-0.1, -0.05) is 23.2 Å². The van der Waals surface area contributed by atoms with Crippen LogP contribution in [0.3, 0.4) is 0 Å². The summed E-state index contributed by atoms with van der Waals surface area (Å²) in [5, 5.41) is 12.9. The van der Waals surface area contributed by atoms with E-state index in [0.717, 1.165) is 18.4 Å². The summed E-state index contributed by atoms with van der Waals surface area (Å²) in [7, 11) is 0. The lowest BCUT2D eigenvalue weighted by Gasteiger charge is -2.33. The molecule has 3 aromatic rings. The molecule has 0 aliphatic carbocycles. The number of hydrogen-bond donors (Lipinski definition) is 1. The van der Waals surface area contributed by atoms with E-state index >= 15 is 0 Å². The summed E-state index contributed by atoms with van der Waals surface area (Å²) in [5.41, 5.74) is 7.01. The number of likely N-dealkylation sites (tertiary alicyclic amines) is 1. The van der Waals surface area contributed by atoms with Gasteiger partial charge in [-0.2, -0.15) is 5.10 Å². The minimum absolute atomic E-state index is 0.0705. The fourth-order valence-corrected chi connectivity index (χ4v) is 4.77. The highest BCUT2D eigenvalue weighted by Gasteiger charge is 2.28. The Morgan fingerprint density at radius 3 is 2.59 bits per heavy atom. The van der Waals surface area contributed by atoms with Gasteiger partial charge in [-0.25, -0.2) is 9.18 Å². The van der Waals surface area contributed by atoms with E-state index in [1.807, 2.05) is 31.6 Å². The molecule has 37 heavy (non-hydrogen) atoms. The quantitative estimate of drug-likeness (QED) is 0.383. The third-order valence-corrected chi connectivity index (χ3v) is 6.68. The van der Waals surface area contributed by atoms with E-state index in [9.17, 15) is 9.18 Å². The number of halogens is 3. The Hall–Kier alpha value is -3.11. The Labute approximate surface area is 224 Å². The van der Waals surface area contributed by atoms with Gasteiger partial charge in [0.1, 0.15) is 17.5 Å². The second-order valence-corrected chi connectivity index (χ2v) is 10.7. The minimum atomic E-state index is -0.701. The zero-order valence-corrected chi connectivity index (χ0v) is 22.6. The van der Waals surface area contributed by atoms with Gasteiger partial charge in [0.2, 0.25) is 0 Å². The van der Waals surface area contributed by atoms with Crippen molar-refractivity contribution in [3.8, 4) is 17.0 Å². The lowest BCUT2D eigenvalue weighted by atomic mass is 10.1. The number of carbonyl (C=O) groups is 1. The van der Waals surface area contributed by atoms with Crippen molar-refractivity contribution in [2.45, 2.75) is 58.3 Å². The molecular formula is C25H29Cl2FN6O3. The molecule has 12 heteroatoms. The molecule has 0 radical (unpaired) electrons. The molecule has 1 saturated heterocycles. The Kier molecular flexibility index (Phi) is 7.80. The van der Waals surface area contributed by atoms with Crippen LogP contribution in [0, 0.1) is 5.82 Å². The molecular weight excluding hydrogens is 522 g/mol. The zero-order chi connectivity index (χ0) is 26.9. The first-order chi connectivity index (χ1) is 17.4. The molecule has 1 atom stereocenters. The fourth-order valence-electron chi connectivity index (χ4n) is 4.09. The van der Waals surface area contributed by atoms with Crippen LogP contribution in [0.5, 0.6) is 5.75 Å². The lowest BCUT2D eigenvalue weighted by Crippen LogP contribution is -2.42. The third kappa shape index (κ3) is 6.24. The molecule has 1 unspecified atom stereocenters. The Morgan fingerprint density at radius 1 is 1.22 bits per heavy atom. The monoisotopic (exact) mass is 550 g/mol. The van der Waals surface area contributed by atoms with Crippen LogP contribution in [0.4, 0.5) is 15.0 Å². The smallest absolute Gasteiger partial charge is 0.410 e. The standard InChI is InChI=1S/C25H29Cl2FN6O3/c1-14(21-17(26)5-6-18(28)22(21)27)36-20-11-19(31-32-23(20)29)15-12-30-34(13-15)16-7-9-33(10-8-16)24(35)37-25(2,3)4/h5-6,11-14,16H,7-10H2,1-4H3,(H2,29,32). The number of piperidine rings is 1. The van der Waals surface area contributed by atoms with E-state index in [1.54, 1.807) is 24.1 Å². The number of anilines is 1. The number of rotatable bonds is 5. The van der Waals surface area contributed by atoms with Crippen molar-refractivity contribution < 1.29 is 18.7 Å². The van der Waals surface area contributed by atoms with E-state index < -0.39 is 17.5 Å². The Bertz CT molecular complexity index is 1290. The molecule has 1 aromatic carbocycles. The van der Waals surface area contributed by atoms with Crippen LogP contribution < -0.4 is 10.5 Å². The van der Waals surface area contributed by atoms with E-state index in [1.165, 1.54) is 12.1 Å². The number of benzene rings is 1. The van der Waals surface area contributed by atoms with Crippen molar-refractivity contribution in [1.82, 2.24) is 24.9 Å². The van der Waals surface area contributed by atoms with Crippen molar-refractivity contribution in [2.75, 3.05) is 18.8 Å². The second-order valence-electron chi connectivity index (χ2n) is 9.90. The zero-order valence-electron chi connectivity index (χ0n) is 21.0. The number of hydrogen-bond acceptors (Lipinski definition) is 7. The fraction of sp³-hybridized carbons (Fsp3) is 0.440. The molecule has 2 N–H and O–H groups in total. The molecule has 0 saturated carbocycles. The van der Waals surface area contributed by atoms with E-state index in [0.29, 0.717) is 24.3 Å². The van der Waals surface area contributed by atoms with E-state index in [2.05, 4.69) is 15.3 Å². The molecule has 1 amide bonds. The van der Waals surface area contributed by atoms with Crippen molar-refractivity contribution in [1.29, 1.82) is 0 Å². The van der Waals surface area contributed by atoms with Crippen molar-refractivity contribution in [3.63, 3.8) is 0 Å². The number of nitrogens with zero attached hydrogens (tertiary/aromatic N) is 5. The summed E-state index contributed by atoms with van der Waals surface area (Å²) in [6.45, 7) is 8.41. The van der Waals surface area contributed by atoms with Crippen LogP contribution in [0.25, 0.3) is 11.3 Å². The van der Waals surface area contributed by atoms with Crippen LogP contribution >= 0.6 is 23.2 Å². The van der Waals surface area contributed by atoms with Gasteiger partial charge in [-0.15, -0.1) is 10.2 Å². The summed E-state index contributed by atoms with van der Waals surface area (Å²) >= 11 is 12.3. The predicted molar refractivity (Wildman–Crippen MR) is 139 cm³/mol. The van der Waals surface area contributed by atoms with Crippen molar-refractivity contribution >= 4 is 35.1 Å². The van der Waals surface area contributed by atoms with Crippen LogP contribution in [-0.2, 0) is 4.74 Å². The molecule has 1 aliphatic rings. The van der Waals surface area contributed by atoms with E-state index in [4.69, 9.17) is 38.4 Å². The minimum Gasteiger partial charge on any atom is -0.482 e. The van der Waals surface area contributed by atoms with Gasteiger partial charge in [0.05, 0.1) is 23.0 Å². The SMILES string of the molecule is CC(Oc1cc(-c2cnn(C3CCN(C(=O)OC(C)(C)C)CC3)c2)nnc1N)c1c(Cl)ccc(F)c1Cl. The number of ether oxygens (including phenoxy) is 2. The first kappa shape index (κ1) is 26.9. The molecule has 1 aliphatic heterocycles. The summed E-state index contributed by atoms with van der Waals surface area (Å²) in [5.74, 6) is -0.268. The summed E-state index contributed by atoms with van der Waals surface area (Å²) < 4.78 is 27.3. The van der Waals surface area contributed by atoms with Crippen LogP contribution in [-0.4, -0.2) is 49.7 Å². The van der Waals surface area contributed by atoms with Crippen LogP contribution in [0.15, 0.2) is 30.6 Å². The largest absolute Gasteiger partial charge is 0.482 e. The van der Waals surface area contributed by atoms with Gasteiger partial charge >= 0.3 is 6.09 Å². The third-order valence-electron chi connectivity index (χ3n) is 5.96. The van der Waals surface area contributed by atoms with Gasteiger partial charge in [0.25, 0.3) is 0 Å². The summed E-state index contributed by atoms with van der Waals surface area (Å²) in [4.78, 5) is 14.1. The summed E-state index contributed by atoms with van der Waals surface area (Å²) in [6.07, 6.45) is 4.05. The second kappa shape index (κ2) is 10.7. The van der Waals surface area contributed by atoms with Gasteiger partial charge in [-0.05, 0) is 52.7 Å². The maximum Gasteiger partial charge on any atom is 0.410 e. The van der Waals surface area contributed by atoms with Crippen LogP contribution in [0.2, 0.25) is 10.0 Å². The normalized spacial score (nSPS) is 15.5. The molecule has 3 heterocycles. The average Bonchev–Trinajstić information content (AvgIpc) is 3.32.